The number of halogens is 2. The van der Waals surface area contributed by atoms with Crippen molar-refractivity contribution in [2.75, 3.05) is 42.9 Å². The molecule has 132 valence electrons. The summed E-state index contributed by atoms with van der Waals surface area (Å²) in [5.41, 5.74) is 2.92. The Morgan fingerprint density at radius 1 is 1.12 bits per heavy atom. The molecule has 1 aliphatic rings. The van der Waals surface area contributed by atoms with Gasteiger partial charge in [-0.3, -0.25) is 4.79 Å². The molecule has 1 fully saturated rings. The number of piperazine rings is 1. The zero-order valence-corrected chi connectivity index (χ0v) is 14.9. The normalized spacial score (nSPS) is 14.5. The van der Waals surface area contributed by atoms with Crippen LogP contribution in [0.1, 0.15) is 5.56 Å². The second-order valence-electron chi connectivity index (χ2n) is 6.16. The van der Waals surface area contributed by atoms with E-state index >= 15 is 0 Å². The average molecular weight is 362 g/mol. The Bertz CT molecular complexity index is 743. The van der Waals surface area contributed by atoms with Gasteiger partial charge in [-0.05, 0) is 48.9 Å². The average Bonchev–Trinajstić information content (AvgIpc) is 2.63. The highest BCUT2D eigenvalue weighted by Gasteiger charge is 2.21. The van der Waals surface area contributed by atoms with Gasteiger partial charge in [0.05, 0.1) is 6.54 Å². The smallest absolute Gasteiger partial charge is 0.241 e. The van der Waals surface area contributed by atoms with Gasteiger partial charge in [0.25, 0.3) is 0 Å². The van der Waals surface area contributed by atoms with Gasteiger partial charge in [-0.25, -0.2) is 4.39 Å². The highest BCUT2D eigenvalue weighted by Crippen LogP contribution is 2.20. The van der Waals surface area contributed by atoms with E-state index in [0.29, 0.717) is 18.1 Å². The third kappa shape index (κ3) is 4.42. The number of aryl methyl sites for hydroxylation is 1. The predicted molar refractivity (Wildman–Crippen MR) is 99.9 cm³/mol. The minimum absolute atomic E-state index is 0.0677. The van der Waals surface area contributed by atoms with Crippen molar-refractivity contribution in [3.8, 4) is 0 Å². The number of hydrogen-bond donors (Lipinski definition) is 1. The van der Waals surface area contributed by atoms with E-state index in [-0.39, 0.29) is 18.3 Å². The Morgan fingerprint density at radius 2 is 1.80 bits per heavy atom. The quantitative estimate of drug-likeness (QED) is 0.904. The van der Waals surface area contributed by atoms with Crippen LogP contribution in [0, 0.1) is 12.7 Å². The van der Waals surface area contributed by atoms with Crippen molar-refractivity contribution >= 4 is 28.9 Å². The fourth-order valence-corrected chi connectivity index (χ4v) is 3.11. The molecule has 0 bridgehead atoms. The molecule has 1 saturated heterocycles. The summed E-state index contributed by atoms with van der Waals surface area (Å²) < 4.78 is 13.0. The standard InChI is InChI=1S/C19H21ClFN3O/c1-14-2-3-15(20)12-18(14)22-13-19(25)24-10-8-23(9-11-24)17-6-4-16(21)5-7-17/h2-7,12,22H,8-11,13H2,1H3. The predicted octanol–water partition coefficient (Wildman–Crippen LogP) is 3.55. The number of anilines is 2. The molecule has 0 aromatic heterocycles. The van der Waals surface area contributed by atoms with E-state index in [0.717, 1.165) is 30.0 Å². The molecule has 0 spiro atoms. The molecule has 0 unspecified atom stereocenters. The van der Waals surface area contributed by atoms with E-state index < -0.39 is 0 Å². The molecule has 3 rings (SSSR count). The van der Waals surface area contributed by atoms with Crippen molar-refractivity contribution in [2.45, 2.75) is 6.92 Å². The minimum atomic E-state index is -0.236. The van der Waals surface area contributed by atoms with Gasteiger partial charge in [-0.2, -0.15) is 0 Å². The zero-order chi connectivity index (χ0) is 17.8. The lowest BCUT2D eigenvalue weighted by atomic mass is 10.2. The molecule has 1 heterocycles. The van der Waals surface area contributed by atoms with Crippen LogP contribution in [-0.4, -0.2) is 43.5 Å². The number of amides is 1. The molecular formula is C19H21ClFN3O. The van der Waals surface area contributed by atoms with Crippen molar-refractivity contribution in [2.24, 2.45) is 0 Å². The first-order valence-corrected chi connectivity index (χ1v) is 8.69. The highest BCUT2D eigenvalue weighted by molar-refractivity contribution is 6.30. The summed E-state index contributed by atoms with van der Waals surface area (Å²) in [4.78, 5) is 16.4. The van der Waals surface area contributed by atoms with Gasteiger partial charge >= 0.3 is 0 Å². The molecular weight excluding hydrogens is 341 g/mol. The number of benzene rings is 2. The van der Waals surface area contributed by atoms with E-state index in [1.165, 1.54) is 12.1 Å². The molecule has 4 nitrogen and oxygen atoms in total. The molecule has 2 aromatic rings. The SMILES string of the molecule is Cc1ccc(Cl)cc1NCC(=O)N1CCN(c2ccc(F)cc2)CC1. The van der Waals surface area contributed by atoms with E-state index in [4.69, 9.17) is 11.6 Å². The zero-order valence-electron chi connectivity index (χ0n) is 14.1. The van der Waals surface area contributed by atoms with Gasteiger partial charge in [0.2, 0.25) is 5.91 Å². The Morgan fingerprint density at radius 3 is 2.48 bits per heavy atom. The molecule has 2 aromatic carbocycles. The van der Waals surface area contributed by atoms with Crippen LogP contribution in [0.3, 0.4) is 0 Å². The van der Waals surface area contributed by atoms with Crippen molar-refractivity contribution in [1.82, 2.24) is 4.90 Å². The highest BCUT2D eigenvalue weighted by atomic mass is 35.5. The lowest BCUT2D eigenvalue weighted by molar-refractivity contribution is -0.129. The van der Waals surface area contributed by atoms with Crippen LogP contribution >= 0.6 is 11.6 Å². The fourth-order valence-electron chi connectivity index (χ4n) is 2.93. The maximum Gasteiger partial charge on any atom is 0.241 e. The summed E-state index contributed by atoms with van der Waals surface area (Å²) in [5.74, 6) is -0.168. The molecule has 1 N–H and O–H groups in total. The van der Waals surface area contributed by atoms with Crippen LogP contribution in [-0.2, 0) is 4.79 Å². The molecule has 0 aliphatic carbocycles. The van der Waals surface area contributed by atoms with Crippen LogP contribution < -0.4 is 10.2 Å². The largest absolute Gasteiger partial charge is 0.376 e. The van der Waals surface area contributed by atoms with E-state index in [9.17, 15) is 9.18 Å². The van der Waals surface area contributed by atoms with Crippen LogP contribution in [0.5, 0.6) is 0 Å². The summed E-state index contributed by atoms with van der Waals surface area (Å²) >= 11 is 6.00. The molecule has 0 radical (unpaired) electrons. The van der Waals surface area contributed by atoms with Crippen LogP contribution in [0.15, 0.2) is 42.5 Å². The molecule has 1 amide bonds. The van der Waals surface area contributed by atoms with Gasteiger partial charge in [0.1, 0.15) is 5.82 Å². The Balaban J connectivity index is 1.51. The van der Waals surface area contributed by atoms with Crippen LogP contribution in [0.25, 0.3) is 0 Å². The lowest BCUT2D eigenvalue weighted by Crippen LogP contribution is -2.50. The summed E-state index contributed by atoms with van der Waals surface area (Å²) in [5, 5.41) is 3.82. The van der Waals surface area contributed by atoms with Gasteiger partial charge < -0.3 is 15.1 Å². The van der Waals surface area contributed by atoms with E-state index in [2.05, 4.69) is 10.2 Å². The first-order valence-electron chi connectivity index (χ1n) is 8.31. The minimum Gasteiger partial charge on any atom is -0.376 e. The Hall–Kier alpha value is -2.27. The number of hydrogen-bond acceptors (Lipinski definition) is 3. The summed E-state index contributed by atoms with van der Waals surface area (Å²) in [7, 11) is 0. The molecule has 25 heavy (non-hydrogen) atoms. The van der Waals surface area contributed by atoms with Gasteiger partial charge in [-0.1, -0.05) is 17.7 Å². The monoisotopic (exact) mass is 361 g/mol. The Kier molecular flexibility index (Phi) is 5.43. The first kappa shape index (κ1) is 17.5. The topological polar surface area (TPSA) is 35.6 Å². The molecule has 1 aliphatic heterocycles. The summed E-state index contributed by atoms with van der Waals surface area (Å²) in [6.45, 7) is 5.03. The van der Waals surface area contributed by atoms with Crippen LogP contribution in [0.4, 0.5) is 15.8 Å². The number of nitrogens with zero attached hydrogens (tertiary/aromatic N) is 2. The fraction of sp³-hybridized carbons (Fsp3) is 0.316. The van der Waals surface area contributed by atoms with E-state index in [1.807, 2.05) is 30.0 Å². The number of carbonyl (C=O) groups excluding carboxylic acids is 1. The van der Waals surface area contributed by atoms with Crippen molar-refractivity contribution in [3.05, 3.63) is 58.9 Å². The Labute approximate surface area is 152 Å². The van der Waals surface area contributed by atoms with E-state index in [1.54, 1.807) is 12.1 Å². The molecule has 0 atom stereocenters. The van der Waals surface area contributed by atoms with Crippen molar-refractivity contribution in [1.29, 1.82) is 0 Å². The van der Waals surface area contributed by atoms with Crippen LogP contribution in [0.2, 0.25) is 5.02 Å². The second kappa shape index (κ2) is 7.74. The van der Waals surface area contributed by atoms with Gasteiger partial charge in [0.15, 0.2) is 0 Å². The van der Waals surface area contributed by atoms with Gasteiger partial charge in [-0.15, -0.1) is 0 Å². The maximum atomic E-state index is 13.0. The molecule has 6 heteroatoms. The lowest BCUT2D eigenvalue weighted by Gasteiger charge is -2.36. The summed E-state index contributed by atoms with van der Waals surface area (Å²) in [6.07, 6.45) is 0. The number of carbonyl (C=O) groups is 1. The summed E-state index contributed by atoms with van der Waals surface area (Å²) in [6, 6.07) is 12.1. The third-order valence-electron chi connectivity index (χ3n) is 4.45. The number of nitrogens with one attached hydrogen (secondary N) is 1. The first-order chi connectivity index (χ1) is 12.0. The second-order valence-corrected chi connectivity index (χ2v) is 6.59. The number of rotatable bonds is 4. The third-order valence-corrected chi connectivity index (χ3v) is 4.69. The van der Waals surface area contributed by atoms with Crippen molar-refractivity contribution < 1.29 is 9.18 Å². The maximum absolute atomic E-state index is 13.0. The van der Waals surface area contributed by atoms with Crippen molar-refractivity contribution in [3.63, 3.8) is 0 Å². The molecule has 0 saturated carbocycles. The van der Waals surface area contributed by atoms with Gasteiger partial charge in [0, 0.05) is 42.6 Å².